The second-order valence-corrected chi connectivity index (χ2v) is 3.68. The number of nitrogens with two attached hydrogens (primary N) is 1. The summed E-state index contributed by atoms with van der Waals surface area (Å²) in [6.07, 6.45) is 0.781. The van der Waals surface area contributed by atoms with Gasteiger partial charge in [-0.2, -0.15) is 0 Å². The molecule has 1 aliphatic heterocycles. The summed E-state index contributed by atoms with van der Waals surface area (Å²) in [6.45, 7) is 1.29. The summed E-state index contributed by atoms with van der Waals surface area (Å²) in [4.78, 5) is 23.7. The predicted octanol–water partition coefficient (Wildman–Crippen LogP) is -0.796. The maximum atomic E-state index is 11.0. The average molecular weight is 201 g/mol. The number of primary amides is 1. The molecule has 4 N–H and O–H groups in total. The SMILES string of the molecule is CN1CCC(NC(N)=O)(C(=O)O)CC1. The molecule has 6 nitrogen and oxygen atoms in total. The number of amides is 2. The van der Waals surface area contributed by atoms with Crippen molar-refractivity contribution in [2.75, 3.05) is 20.1 Å². The molecule has 0 aromatic heterocycles. The van der Waals surface area contributed by atoms with Crippen LogP contribution in [0.2, 0.25) is 0 Å². The zero-order chi connectivity index (χ0) is 10.8. The number of rotatable bonds is 2. The third-order valence-electron chi connectivity index (χ3n) is 2.61. The lowest BCUT2D eigenvalue weighted by atomic mass is 9.88. The number of nitrogens with zero attached hydrogens (tertiary/aromatic N) is 1. The van der Waals surface area contributed by atoms with Gasteiger partial charge in [0.25, 0.3) is 0 Å². The summed E-state index contributed by atoms with van der Waals surface area (Å²) in [7, 11) is 1.91. The molecule has 6 heteroatoms. The lowest BCUT2D eigenvalue weighted by Crippen LogP contribution is -2.60. The van der Waals surface area contributed by atoms with Gasteiger partial charge in [-0.3, -0.25) is 0 Å². The number of likely N-dealkylation sites (tertiary alicyclic amines) is 1. The molecule has 14 heavy (non-hydrogen) atoms. The van der Waals surface area contributed by atoms with Crippen molar-refractivity contribution in [1.82, 2.24) is 10.2 Å². The molecule has 1 fully saturated rings. The number of piperidine rings is 1. The van der Waals surface area contributed by atoms with Crippen LogP contribution in [0, 0.1) is 0 Å². The first-order chi connectivity index (χ1) is 6.46. The summed E-state index contributed by atoms with van der Waals surface area (Å²) >= 11 is 0. The smallest absolute Gasteiger partial charge is 0.329 e. The van der Waals surface area contributed by atoms with Gasteiger partial charge in [-0.05, 0) is 19.9 Å². The Morgan fingerprint density at radius 3 is 2.29 bits per heavy atom. The largest absolute Gasteiger partial charge is 0.480 e. The fourth-order valence-electron chi connectivity index (χ4n) is 1.63. The van der Waals surface area contributed by atoms with Crippen LogP contribution in [-0.4, -0.2) is 47.7 Å². The number of carboxylic acids is 1. The molecule has 1 aliphatic rings. The van der Waals surface area contributed by atoms with Crippen LogP contribution in [0.15, 0.2) is 0 Å². The fraction of sp³-hybridized carbons (Fsp3) is 0.750. The third kappa shape index (κ3) is 2.14. The molecule has 2 amide bonds. The highest BCUT2D eigenvalue weighted by atomic mass is 16.4. The van der Waals surface area contributed by atoms with Crippen molar-refractivity contribution >= 4 is 12.0 Å². The van der Waals surface area contributed by atoms with E-state index in [1.807, 2.05) is 11.9 Å². The molecule has 0 aliphatic carbocycles. The monoisotopic (exact) mass is 201 g/mol. The van der Waals surface area contributed by atoms with Crippen LogP contribution < -0.4 is 11.1 Å². The van der Waals surface area contributed by atoms with Crippen molar-refractivity contribution in [3.8, 4) is 0 Å². The fourth-order valence-corrected chi connectivity index (χ4v) is 1.63. The van der Waals surface area contributed by atoms with Gasteiger partial charge in [-0.25, -0.2) is 9.59 Å². The second kappa shape index (κ2) is 3.83. The Morgan fingerprint density at radius 2 is 1.93 bits per heavy atom. The molecule has 0 radical (unpaired) electrons. The number of carboxylic acid groups (broad SMARTS) is 1. The van der Waals surface area contributed by atoms with E-state index in [-0.39, 0.29) is 0 Å². The standard InChI is InChI=1S/C8H15N3O3/c1-11-4-2-8(3-5-11,6(12)13)10-7(9)14/h2-5H2,1H3,(H,12,13)(H3,9,10,14). The van der Waals surface area contributed by atoms with Crippen molar-refractivity contribution in [2.45, 2.75) is 18.4 Å². The van der Waals surface area contributed by atoms with Crippen molar-refractivity contribution < 1.29 is 14.7 Å². The average Bonchev–Trinajstić information content (AvgIpc) is 2.08. The molecule has 0 atom stereocenters. The Kier molecular flexibility index (Phi) is 2.95. The van der Waals surface area contributed by atoms with Gasteiger partial charge in [0.05, 0.1) is 0 Å². The number of aliphatic carboxylic acids is 1. The first-order valence-corrected chi connectivity index (χ1v) is 4.46. The zero-order valence-corrected chi connectivity index (χ0v) is 8.12. The van der Waals surface area contributed by atoms with Crippen LogP contribution in [0.5, 0.6) is 0 Å². The van der Waals surface area contributed by atoms with E-state index in [1.165, 1.54) is 0 Å². The first-order valence-electron chi connectivity index (χ1n) is 4.46. The first kappa shape index (κ1) is 10.8. The number of hydrogen-bond acceptors (Lipinski definition) is 3. The van der Waals surface area contributed by atoms with Gasteiger partial charge in [0, 0.05) is 13.1 Å². The van der Waals surface area contributed by atoms with Gasteiger partial charge in [0.15, 0.2) is 0 Å². The molecule has 0 bridgehead atoms. The van der Waals surface area contributed by atoms with Crippen molar-refractivity contribution in [2.24, 2.45) is 5.73 Å². The summed E-state index contributed by atoms with van der Waals surface area (Å²) in [6, 6.07) is -0.781. The Balaban J connectivity index is 2.73. The van der Waals surface area contributed by atoms with Gasteiger partial charge in [-0.1, -0.05) is 0 Å². The van der Waals surface area contributed by atoms with E-state index in [0.29, 0.717) is 25.9 Å². The zero-order valence-electron chi connectivity index (χ0n) is 8.12. The lowest BCUT2D eigenvalue weighted by Gasteiger charge is -2.37. The molecule has 0 aromatic carbocycles. The Labute approximate surface area is 82.1 Å². The summed E-state index contributed by atoms with van der Waals surface area (Å²) in [5, 5.41) is 11.4. The lowest BCUT2D eigenvalue weighted by molar-refractivity contribution is -0.146. The quantitative estimate of drug-likeness (QED) is 0.545. The van der Waals surface area contributed by atoms with E-state index in [2.05, 4.69) is 5.32 Å². The number of hydrogen-bond donors (Lipinski definition) is 3. The number of carbonyl (C=O) groups excluding carboxylic acids is 1. The highest BCUT2D eigenvalue weighted by Gasteiger charge is 2.41. The molecule has 1 rings (SSSR count). The highest BCUT2D eigenvalue weighted by Crippen LogP contribution is 2.21. The minimum atomic E-state index is -1.17. The third-order valence-corrected chi connectivity index (χ3v) is 2.61. The molecule has 1 heterocycles. The predicted molar refractivity (Wildman–Crippen MR) is 49.8 cm³/mol. The molecule has 1 saturated heterocycles. The van der Waals surface area contributed by atoms with Gasteiger partial charge in [0.1, 0.15) is 5.54 Å². The maximum Gasteiger partial charge on any atom is 0.329 e. The van der Waals surface area contributed by atoms with Gasteiger partial charge in [-0.15, -0.1) is 0 Å². The molecule has 80 valence electrons. The normalized spacial score (nSPS) is 21.5. The van der Waals surface area contributed by atoms with Crippen molar-refractivity contribution in [3.05, 3.63) is 0 Å². The molecule has 0 unspecified atom stereocenters. The van der Waals surface area contributed by atoms with E-state index in [9.17, 15) is 9.59 Å². The Hall–Kier alpha value is -1.30. The van der Waals surface area contributed by atoms with E-state index >= 15 is 0 Å². The summed E-state index contributed by atoms with van der Waals surface area (Å²) < 4.78 is 0. The molecule has 0 spiro atoms. The van der Waals surface area contributed by atoms with Crippen LogP contribution in [0.4, 0.5) is 4.79 Å². The Bertz CT molecular complexity index is 246. The van der Waals surface area contributed by atoms with Crippen LogP contribution in [0.1, 0.15) is 12.8 Å². The summed E-state index contributed by atoms with van der Waals surface area (Å²) in [5.74, 6) is -1.01. The summed E-state index contributed by atoms with van der Waals surface area (Å²) in [5.41, 5.74) is 3.79. The number of urea groups is 1. The van der Waals surface area contributed by atoms with Gasteiger partial charge >= 0.3 is 12.0 Å². The molecular formula is C8H15N3O3. The van der Waals surface area contributed by atoms with Crippen molar-refractivity contribution in [1.29, 1.82) is 0 Å². The topological polar surface area (TPSA) is 95.7 Å². The number of nitrogens with one attached hydrogen (secondary N) is 1. The molecule has 0 saturated carbocycles. The maximum absolute atomic E-state index is 11.0. The number of carbonyl (C=O) groups is 2. The van der Waals surface area contributed by atoms with E-state index in [0.717, 1.165) is 0 Å². The molecular weight excluding hydrogens is 186 g/mol. The minimum absolute atomic E-state index is 0.391. The van der Waals surface area contributed by atoms with Crippen LogP contribution in [0.25, 0.3) is 0 Å². The van der Waals surface area contributed by atoms with Crippen LogP contribution in [0.3, 0.4) is 0 Å². The minimum Gasteiger partial charge on any atom is -0.480 e. The van der Waals surface area contributed by atoms with Gasteiger partial charge in [0.2, 0.25) is 0 Å². The van der Waals surface area contributed by atoms with Gasteiger partial charge < -0.3 is 21.1 Å². The van der Waals surface area contributed by atoms with E-state index in [1.54, 1.807) is 0 Å². The molecule has 0 aromatic rings. The second-order valence-electron chi connectivity index (χ2n) is 3.68. The van der Waals surface area contributed by atoms with Crippen molar-refractivity contribution in [3.63, 3.8) is 0 Å². The highest BCUT2D eigenvalue weighted by molar-refractivity contribution is 5.85. The Morgan fingerprint density at radius 1 is 1.43 bits per heavy atom. The van der Waals surface area contributed by atoms with E-state index < -0.39 is 17.5 Å². The van der Waals surface area contributed by atoms with E-state index in [4.69, 9.17) is 10.8 Å². The van der Waals surface area contributed by atoms with Crippen LogP contribution >= 0.6 is 0 Å². The van der Waals surface area contributed by atoms with Crippen LogP contribution in [-0.2, 0) is 4.79 Å².